The van der Waals surface area contributed by atoms with Gasteiger partial charge in [-0.05, 0) is 42.5 Å². The van der Waals surface area contributed by atoms with Gasteiger partial charge in [0, 0.05) is 5.75 Å². The van der Waals surface area contributed by atoms with Crippen LogP contribution in [-0.4, -0.2) is 16.3 Å². The third-order valence-corrected chi connectivity index (χ3v) is 4.83. The maximum Gasteiger partial charge on any atom is 0.316 e. The third-order valence-electron chi connectivity index (χ3n) is 3.56. The van der Waals surface area contributed by atoms with E-state index in [0.29, 0.717) is 6.42 Å². The number of carboxylic acid groups (broad SMARTS) is 1. The monoisotopic (exact) mass is 300 g/mol. The zero-order chi connectivity index (χ0) is 15.2. The van der Waals surface area contributed by atoms with Gasteiger partial charge in [0.25, 0.3) is 0 Å². The zero-order valence-electron chi connectivity index (χ0n) is 12.4. The minimum Gasteiger partial charge on any atom is -0.480 e. The van der Waals surface area contributed by atoms with E-state index < -0.39 is 11.2 Å². The molecule has 0 spiro atoms. The number of hydrogen-bond acceptors (Lipinski definition) is 2. The molecule has 2 aromatic carbocycles. The summed E-state index contributed by atoms with van der Waals surface area (Å²) in [5.74, 6) is -0.0167. The molecule has 0 aromatic heterocycles. The van der Waals surface area contributed by atoms with E-state index in [0.717, 1.165) is 16.9 Å². The van der Waals surface area contributed by atoms with Crippen LogP contribution < -0.4 is 0 Å². The number of hydrogen-bond donors (Lipinski definition) is 1. The summed E-state index contributed by atoms with van der Waals surface area (Å²) in [6.45, 7) is 4.13. The first kappa shape index (κ1) is 15.6. The van der Waals surface area contributed by atoms with Gasteiger partial charge in [-0.15, -0.1) is 11.8 Å². The summed E-state index contributed by atoms with van der Waals surface area (Å²) in [6.07, 6.45) is 0.563. The Bertz CT molecular complexity index is 608. The van der Waals surface area contributed by atoms with Crippen molar-refractivity contribution < 1.29 is 9.90 Å². The zero-order valence-corrected chi connectivity index (χ0v) is 13.2. The van der Waals surface area contributed by atoms with Gasteiger partial charge in [0.15, 0.2) is 0 Å². The number of carbonyl (C=O) groups is 1. The number of rotatable bonds is 6. The molecule has 21 heavy (non-hydrogen) atoms. The number of aryl methyl sites for hydroxylation is 2. The summed E-state index contributed by atoms with van der Waals surface area (Å²) in [7, 11) is 0. The van der Waals surface area contributed by atoms with Crippen LogP contribution in [0.4, 0.5) is 0 Å². The van der Waals surface area contributed by atoms with Gasteiger partial charge in [-0.25, -0.2) is 0 Å². The van der Waals surface area contributed by atoms with Gasteiger partial charge in [0.1, 0.15) is 5.25 Å². The highest BCUT2D eigenvalue weighted by Gasteiger charge is 2.18. The van der Waals surface area contributed by atoms with E-state index in [-0.39, 0.29) is 0 Å². The van der Waals surface area contributed by atoms with Crippen LogP contribution in [0.5, 0.6) is 0 Å². The van der Waals surface area contributed by atoms with E-state index in [9.17, 15) is 9.90 Å². The summed E-state index contributed by atoms with van der Waals surface area (Å²) in [5, 5.41) is 9.01. The van der Waals surface area contributed by atoms with Gasteiger partial charge in [-0.1, -0.05) is 48.5 Å². The number of thioether (sulfide) groups is 1. The average molecular weight is 300 g/mol. The van der Waals surface area contributed by atoms with Crippen molar-refractivity contribution >= 4 is 17.7 Å². The van der Waals surface area contributed by atoms with Gasteiger partial charge in [0.2, 0.25) is 0 Å². The lowest BCUT2D eigenvalue weighted by molar-refractivity contribution is -0.136. The van der Waals surface area contributed by atoms with Gasteiger partial charge in [0.05, 0.1) is 0 Å². The molecule has 0 amide bonds. The Kier molecular flexibility index (Phi) is 5.45. The topological polar surface area (TPSA) is 37.3 Å². The molecule has 0 saturated heterocycles. The summed E-state index contributed by atoms with van der Waals surface area (Å²) in [6, 6.07) is 16.2. The predicted octanol–water partition coefficient (Wildman–Crippen LogP) is 4.23. The first-order valence-electron chi connectivity index (χ1n) is 7.00. The Morgan fingerprint density at radius 1 is 1.05 bits per heavy atom. The van der Waals surface area contributed by atoms with Crippen molar-refractivity contribution in [1.82, 2.24) is 0 Å². The Morgan fingerprint density at radius 3 is 2.38 bits per heavy atom. The van der Waals surface area contributed by atoms with E-state index in [4.69, 9.17) is 0 Å². The van der Waals surface area contributed by atoms with Crippen molar-refractivity contribution in [2.75, 3.05) is 0 Å². The maximum atomic E-state index is 11.5. The molecule has 0 fully saturated rings. The normalized spacial score (nSPS) is 12.1. The molecule has 1 atom stereocenters. The second-order valence-corrected chi connectivity index (χ2v) is 6.44. The van der Waals surface area contributed by atoms with Crippen LogP contribution in [-0.2, 0) is 17.0 Å². The minimum absolute atomic E-state index is 0.410. The second kappa shape index (κ2) is 7.32. The van der Waals surface area contributed by atoms with Crippen LogP contribution in [0.1, 0.15) is 22.3 Å². The first-order chi connectivity index (χ1) is 10.1. The van der Waals surface area contributed by atoms with Crippen LogP contribution in [0.3, 0.4) is 0 Å². The smallest absolute Gasteiger partial charge is 0.316 e. The lowest BCUT2D eigenvalue weighted by Crippen LogP contribution is -2.19. The number of aliphatic carboxylic acids is 1. The van der Waals surface area contributed by atoms with Crippen molar-refractivity contribution in [3.05, 3.63) is 70.8 Å². The molecule has 0 bridgehead atoms. The molecule has 0 heterocycles. The van der Waals surface area contributed by atoms with E-state index in [1.807, 2.05) is 36.4 Å². The Balaban J connectivity index is 2.02. The van der Waals surface area contributed by atoms with Crippen molar-refractivity contribution in [1.29, 1.82) is 0 Å². The van der Waals surface area contributed by atoms with Crippen LogP contribution >= 0.6 is 11.8 Å². The largest absolute Gasteiger partial charge is 0.480 e. The molecule has 0 aliphatic heterocycles. The average Bonchev–Trinajstić information content (AvgIpc) is 2.48. The van der Waals surface area contributed by atoms with Crippen LogP contribution in [0, 0.1) is 13.8 Å². The van der Waals surface area contributed by atoms with Crippen molar-refractivity contribution in [2.24, 2.45) is 0 Å². The highest BCUT2D eigenvalue weighted by molar-refractivity contribution is 7.99. The van der Waals surface area contributed by atoms with E-state index in [1.165, 1.54) is 22.9 Å². The number of benzene rings is 2. The molecule has 1 N–H and O–H groups in total. The molecular weight excluding hydrogens is 280 g/mol. The second-order valence-electron chi connectivity index (χ2n) is 5.25. The van der Waals surface area contributed by atoms with Gasteiger partial charge >= 0.3 is 5.97 Å². The molecule has 2 aromatic rings. The van der Waals surface area contributed by atoms with Gasteiger partial charge in [-0.3, -0.25) is 4.79 Å². The molecule has 0 aliphatic rings. The Labute approximate surface area is 130 Å². The Morgan fingerprint density at radius 2 is 1.76 bits per heavy atom. The molecule has 3 heteroatoms. The summed E-state index contributed by atoms with van der Waals surface area (Å²) >= 11 is 1.49. The van der Waals surface area contributed by atoms with Gasteiger partial charge < -0.3 is 5.11 Å². The quantitative estimate of drug-likeness (QED) is 0.867. The first-order valence-corrected chi connectivity index (χ1v) is 8.05. The summed E-state index contributed by atoms with van der Waals surface area (Å²) < 4.78 is 0. The molecular formula is C18H20O2S. The molecule has 0 aliphatic carbocycles. The lowest BCUT2D eigenvalue weighted by atomic mass is 10.0. The highest BCUT2D eigenvalue weighted by Crippen LogP contribution is 2.22. The van der Waals surface area contributed by atoms with Gasteiger partial charge in [-0.2, -0.15) is 0 Å². The third kappa shape index (κ3) is 4.64. The number of carboxylic acids is 1. The van der Waals surface area contributed by atoms with Crippen molar-refractivity contribution in [3.8, 4) is 0 Å². The van der Waals surface area contributed by atoms with Crippen molar-refractivity contribution in [2.45, 2.75) is 31.3 Å². The molecule has 0 saturated carbocycles. The minimum atomic E-state index is -0.742. The fourth-order valence-electron chi connectivity index (χ4n) is 2.13. The maximum absolute atomic E-state index is 11.5. The molecule has 0 unspecified atom stereocenters. The molecule has 110 valence electrons. The summed E-state index contributed by atoms with van der Waals surface area (Å²) in [4.78, 5) is 11.5. The standard InChI is InChI=1S/C18H20O2S/c1-13-8-9-16(10-14(13)2)11-17(18(19)20)21-12-15-6-4-3-5-7-15/h3-10,17H,11-12H2,1-2H3,(H,19,20)/t17-/m1/s1. The SMILES string of the molecule is Cc1ccc(C[C@@H](SCc2ccccc2)C(=O)O)cc1C. The molecule has 2 nitrogen and oxygen atoms in total. The highest BCUT2D eigenvalue weighted by atomic mass is 32.2. The predicted molar refractivity (Wildman–Crippen MR) is 88.8 cm³/mol. The lowest BCUT2D eigenvalue weighted by Gasteiger charge is -2.13. The van der Waals surface area contributed by atoms with E-state index in [2.05, 4.69) is 26.0 Å². The van der Waals surface area contributed by atoms with Crippen LogP contribution in [0.2, 0.25) is 0 Å². The van der Waals surface area contributed by atoms with Crippen LogP contribution in [0.15, 0.2) is 48.5 Å². The van der Waals surface area contributed by atoms with Crippen molar-refractivity contribution in [3.63, 3.8) is 0 Å². The van der Waals surface area contributed by atoms with E-state index in [1.54, 1.807) is 0 Å². The van der Waals surface area contributed by atoms with E-state index >= 15 is 0 Å². The summed E-state index contributed by atoms with van der Waals surface area (Å²) in [5.41, 5.74) is 4.70. The molecule has 0 radical (unpaired) electrons. The molecule has 2 rings (SSSR count). The fraction of sp³-hybridized carbons (Fsp3) is 0.278. The Hall–Kier alpha value is -1.74. The fourth-order valence-corrected chi connectivity index (χ4v) is 3.17. The van der Waals surface area contributed by atoms with Crippen LogP contribution in [0.25, 0.3) is 0 Å².